The third-order valence-electron chi connectivity index (χ3n) is 4.86. The van der Waals surface area contributed by atoms with Crippen LogP contribution in [0.2, 0.25) is 0 Å². The lowest BCUT2D eigenvalue weighted by atomic mass is 10.2. The van der Waals surface area contributed by atoms with Crippen LogP contribution in [0.15, 0.2) is 27.4 Å². The Balaban J connectivity index is 1.68. The van der Waals surface area contributed by atoms with Crippen molar-refractivity contribution in [3.8, 4) is 0 Å². The topological polar surface area (TPSA) is 105 Å². The lowest BCUT2D eigenvalue weighted by Crippen LogP contribution is -2.52. The number of hydrogen-bond donors (Lipinski definition) is 1. The second-order valence-electron chi connectivity index (χ2n) is 7.42. The Bertz CT molecular complexity index is 1030. The van der Waals surface area contributed by atoms with Gasteiger partial charge in [-0.3, -0.25) is 4.57 Å². The van der Waals surface area contributed by atoms with Crippen LogP contribution in [-0.2, 0) is 10.0 Å². The summed E-state index contributed by atoms with van der Waals surface area (Å²) in [5.41, 5.74) is 1.59. The van der Waals surface area contributed by atoms with Crippen LogP contribution >= 0.6 is 0 Å². The van der Waals surface area contributed by atoms with Crippen LogP contribution < -0.4 is 11.1 Å². The molecule has 1 fully saturated rings. The van der Waals surface area contributed by atoms with E-state index in [1.165, 1.54) is 4.31 Å². The molecule has 1 aromatic heterocycles. The van der Waals surface area contributed by atoms with Crippen molar-refractivity contribution in [1.82, 2.24) is 13.8 Å². The van der Waals surface area contributed by atoms with E-state index < -0.39 is 21.0 Å². The molecule has 0 unspecified atom stereocenters. The van der Waals surface area contributed by atoms with E-state index in [4.69, 9.17) is 4.42 Å². The van der Waals surface area contributed by atoms with Gasteiger partial charge in [0, 0.05) is 44.0 Å². The molecule has 1 aliphatic rings. The minimum atomic E-state index is -3.31. The first-order valence-electron chi connectivity index (χ1n) is 9.31. The van der Waals surface area contributed by atoms with Crippen LogP contribution in [0.25, 0.3) is 11.1 Å². The molecular weight excluding hydrogens is 384 g/mol. The third kappa shape index (κ3) is 3.79. The molecule has 10 heteroatoms. The van der Waals surface area contributed by atoms with Crippen molar-refractivity contribution in [2.24, 2.45) is 0 Å². The smallest absolute Gasteiger partial charge is 0.408 e. The van der Waals surface area contributed by atoms with Gasteiger partial charge in [0.05, 0.1) is 10.8 Å². The Hall–Kier alpha value is -2.33. The summed E-state index contributed by atoms with van der Waals surface area (Å²) in [5, 5.41) is 2.31. The fourth-order valence-electron chi connectivity index (χ4n) is 3.25. The quantitative estimate of drug-likeness (QED) is 0.831. The SMILES string of the molecule is CC(C)n1c(=O)oc2cc(NC(=O)N3CCN(S(=O)(=O)C(C)C)CC3)ccc21. The highest BCUT2D eigenvalue weighted by Crippen LogP contribution is 2.21. The Morgan fingerprint density at radius 3 is 2.32 bits per heavy atom. The fraction of sp³-hybridized carbons (Fsp3) is 0.556. The number of rotatable bonds is 4. The number of fused-ring (bicyclic) bond motifs is 1. The van der Waals surface area contributed by atoms with E-state index in [0.29, 0.717) is 29.9 Å². The molecule has 0 aliphatic carbocycles. The Morgan fingerprint density at radius 1 is 1.11 bits per heavy atom. The summed E-state index contributed by atoms with van der Waals surface area (Å²) in [4.78, 5) is 26.1. The number of anilines is 1. The Labute approximate surface area is 163 Å². The van der Waals surface area contributed by atoms with Gasteiger partial charge in [-0.25, -0.2) is 18.0 Å². The van der Waals surface area contributed by atoms with Gasteiger partial charge in [0.25, 0.3) is 0 Å². The lowest BCUT2D eigenvalue weighted by molar-refractivity contribution is 0.184. The van der Waals surface area contributed by atoms with Crippen molar-refractivity contribution in [3.63, 3.8) is 0 Å². The third-order valence-corrected chi connectivity index (χ3v) is 7.14. The maximum Gasteiger partial charge on any atom is 0.420 e. The van der Waals surface area contributed by atoms with E-state index >= 15 is 0 Å². The molecule has 0 radical (unpaired) electrons. The molecule has 28 heavy (non-hydrogen) atoms. The van der Waals surface area contributed by atoms with Gasteiger partial charge in [-0.2, -0.15) is 4.31 Å². The standard InChI is InChI=1S/C18H26N4O5S/c1-12(2)22-15-6-5-14(11-16(15)27-18(22)24)19-17(23)20-7-9-21(10-8-20)28(25,26)13(3)4/h5-6,11-13H,7-10H2,1-4H3,(H,19,23). The first kappa shape index (κ1) is 20.4. The first-order valence-corrected chi connectivity index (χ1v) is 10.8. The molecule has 2 amide bonds. The number of amides is 2. The maximum absolute atomic E-state index is 12.5. The zero-order valence-electron chi connectivity index (χ0n) is 16.5. The van der Waals surface area contributed by atoms with Crippen molar-refractivity contribution in [2.75, 3.05) is 31.5 Å². The van der Waals surface area contributed by atoms with Gasteiger partial charge in [-0.1, -0.05) is 0 Å². The Kier molecular flexibility index (Phi) is 5.53. The van der Waals surface area contributed by atoms with Gasteiger partial charge in [-0.05, 0) is 39.8 Å². The molecule has 0 atom stereocenters. The highest BCUT2D eigenvalue weighted by molar-refractivity contribution is 7.89. The molecule has 1 aromatic carbocycles. The molecule has 1 saturated heterocycles. The molecule has 0 spiro atoms. The number of urea groups is 1. The number of nitrogens with zero attached hydrogens (tertiary/aromatic N) is 3. The van der Waals surface area contributed by atoms with Crippen molar-refractivity contribution < 1.29 is 17.6 Å². The van der Waals surface area contributed by atoms with Crippen LogP contribution in [0.3, 0.4) is 0 Å². The van der Waals surface area contributed by atoms with Crippen LogP contribution in [-0.4, -0.2) is 59.7 Å². The molecule has 154 valence electrons. The number of hydrogen-bond acceptors (Lipinski definition) is 5. The average Bonchev–Trinajstić information content (AvgIpc) is 2.96. The van der Waals surface area contributed by atoms with Crippen molar-refractivity contribution in [2.45, 2.75) is 39.0 Å². The maximum atomic E-state index is 12.5. The molecular formula is C18H26N4O5S. The summed E-state index contributed by atoms with van der Waals surface area (Å²) in [5.74, 6) is -0.434. The van der Waals surface area contributed by atoms with Gasteiger partial charge in [0.2, 0.25) is 10.0 Å². The molecule has 1 aliphatic heterocycles. The second kappa shape index (κ2) is 7.59. The molecule has 2 heterocycles. The van der Waals surface area contributed by atoms with Gasteiger partial charge in [0.1, 0.15) is 0 Å². The summed E-state index contributed by atoms with van der Waals surface area (Å²) >= 11 is 0. The fourth-order valence-corrected chi connectivity index (χ4v) is 4.52. The number of carbonyl (C=O) groups excluding carboxylic acids is 1. The molecule has 3 rings (SSSR count). The van der Waals surface area contributed by atoms with E-state index in [1.54, 1.807) is 41.5 Å². The molecule has 2 aromatic rings. The van der Waals surface area contributed by atoms with E-state index in [2.05, 4.69) is 5.32 Å². The van der Waals surface area contributed by atoms with Gasteiger partial charge in [0.15, 0.2) is 5.58 Å². The predicted molar refractivity (Wildman–Crippen MR) is 107 cm³/mol. The lowest BCUT2D eigenvalue weighted by Gasteiger charge is -2.34. The monoisotopic (exact) mass is 410 g/mol. The number of benzene rings is 1. The number of sulfonamides is 1. The van der Waals surface area contributed by atoms with Crippen LogP contribution in [0.4, 0.5) is 10.5 Å². The molecule has 0 saturated carbocycles. The summed E-state index contributed by atoms with van der Waals surface area (Å²) < 4.78 is 32.7. The van der Waals surface area contributed by atoms with E-state index in [9.17, 15) is 18.0 Å². The highest BCUT2D eigenvalue weighted by atomic mass is 32.2. The number of nitrogens with one attached hydrogen (secondary N) is 1. The minimum Gasteiger partial charge on any atom is -0.408 e. The zero-order valence-corrected chi connectivity index (χ0v) is 17.3. The molecule has 1 N–H and O–H groups in total. The molecule has 0 bridgehead atoms. The highest BCUT2D eigenvalue weighted by Gasteiger charge is 2.30. The summed E-state index contributed by atoms with van der Waals surface area (Å²) in [6.45, 7) is 8.27. The second-order valence-corrected chi connectivity index (χ2v) is 9.91. The van der Waals surface area contributed by atoms with Crippen molar-refractivity contribution >= 4 is 32.8 Å². The van der Waals surface area contributed by atoms with Crippen LogP contribution in [0, 0.1) is 0 Å². The van der Waals surface area contributed by atoms with E-state index in [1.807, 2.05) is 13.8 Å². The van der Waals surface area contributed by atoms with Gasteiger partial charge in [-0.15, -0.1) is 0 Å². The number of carbonyl (C=O) groups is 1. The minimum absolute atomic E-state index is 0.0346. The predicted octanol–water partition coefficient (Wildman–Crippen LogP) is 2.06. The summed E-state index contributed by atoms with van der Waals surface area (Å²) in [6.07, 6.45) is 0. The normalized spacial score (nSPS) is 16.3. The van der Waals surface area contributed by atoms with Gasteiger partial charge >= 0.3 is 11.8 Å². The van der Waals surface area contributed by atoms with Gasteiger partial charge < -0.3 is 14.6 Å². The molecule has 9 nitrogen and oxygen atoms in total. The number of aromatic nitrogens is 1. The average molecular weight is 410 g/mol. The van der Waals surface area contributed by atoms with Crippen molar-refractivity contribution in [1.29, 1.82) is 0 Å². The number of piperazine rings is 1. The summed E-state index contributed by atoms with van der Waals surface area (Å²) in [7, 11) is -3.31. The van der Waals surface area contributed by atoms with E-state index in [-0.39, 0.29) is 25.2 Å². The largest absolute Gasteiger partial charge is 0.420 e. The van der Waals surface area contributed by atoms with E-state index in [0.717, 1.165) is 0 Å². The van der Waals surface area contributed by atoms with Crippen LogP contribution in [0.5, 0.6) is 0 Å². The first-order chi connectivity index (χ1) is 13.1. The summed E-state index contributed by atoms with van der Waals surface area (Å²) in [6, 6.07) is 4.72. The zero-order chi connectivity index (χ0) is 20.6. The van der Waals surface area contributed by atoms with Crippen molar-refractivity contribution in [3.05, 3.63) is 28.7 Å². The van der Waals surface area contributed by atoms with Crippen LogP contribution in [0.1, 0.15) is 33.7 Å². The number of oxazole rings is 1. The Morgan fingerprint density at radius 2 is 1.75 bits per heavy atom.